The number of nitrogens with zero attached hydrogens (tertiary/aromatic N) is 2. The third kappa shape index (κ3) is 3.87. The number of rotatable bonds is 2. The molecule has 0 N–H and O–H groups in total. The summed E-state index contributed by atoms with van der Waals surface area (Å²) >= 11 is 0. The molecular formula is C10H18N2O. The molecule has 1 heterocycles. The van der Waals surface area contributed by atoms with Crippen molar-refractivity contribution in [3.8, 4) is 5.88 Å². The summed E-state index contributed by atoms with van der Waals surface area (Å²) in [6.45, 7) is 8.16. The highest BCUT2D eigenvalue weighted by molar-refractivity contribution is 5.13. The molecule has 0 radical (unpaired) electrons. The summed E-state index contributed by atoms with van der Waals surface area (Å²) in [5, 5.41) is 7.82. The second kappa shape index (κ2) is 6.40. The number of aromatic nitrogens is 2. The molecule has 0 aliphatic rings. The fourth-order valence-corrected chi connectivity index (χ4v) is 0.747. The van der Waals surface area contributed by atoms with Crippen molar-refractivity contribution in [2.24, 2.45) is 0 Å². The Morgan fingerprint density at radius 1 is 1.15 bits per heavy atom. The van der Waals surface area contributed by atoms with Gasteiger partial charge in [-0.15, -0.1) is 5.10 Å². The fraction of sp³-hybridized carbons (Fsp3) is 0.600. The average Bonchev–Trinajstić information content (AvgIpc) is 2.21. The standard InChI is InChI=1S/C8H12N2O.C2H6/c1-6(2)7-4-5-8(11-3)10-9-7;1-2/h4-6H,1-3H3;1-2H3. The first kappa shape index (κ1) is 11.9. The quantitative estimate of drug-likeness (QED) is 0.705. The predicted molar refractivity (Wildman–Crippen MR) is 54.0 cm³/mol. The van der Waals surface area contributed by atoms with Crippen LogP contribution in [0.4, 0.5) is 0 Å². The van der Waals surface area contributed by atoms with Gasteiger partial charge in [0.1, 0.15) is 0 Å². The normalized spacial score (nSPS) is 9.08. The zero-order valence-corrected chi connectivity index (χ0v) is 9.03. The third-order valence-corrected chi connectivity index (χ3v) is 1.46. The van der Waals surface area contributed by atoms with Gasteiger partial charge in [-0.05, 0) is 12.0 Å². The highest BCUT2D eigenvalue weighted by atomic mass is 16.5. The Morgan fingerprint density at radius 2 is 1.77 bits per heavy atom. The maximum Gasteiger partial charge on any atom is 0.233 e. The lowest BCUT2D eigenvalue weighted by atomic mass is 10.1. The molecule has 0 aliphatic heterocycles. The topological polar surface area (TPSA) is 35.0 Å². The summed E-state index contributed by atoms with van der Waals surface area (Å²) in [6.07, 6.45) is 0. The molecule has 0 aromatic carbocycles. The summed E-state index contributed by atoms with van der Waals surface area (Å²) < 4.78 is 4.88. The molecule has 0 unspecified atom stereocenters. The number of methoxy groups -OCH3 is 1. The molecule has 1 aromatic rings. The first-order valence-electron chi connectivity index (χ1n) is 4.61. The van der Waals surface area contributed by atoms with E-state index in [0.717, 1.165) is 5.69 Å². The molecule has 0 amide bonds. The maximum atomic E-state index is 4.88. The molecule has 74 valence electrons. The van der Waals surface area contributed by atoms with Crippen molar-refractivity contribution in [3.05, 3.63) is 17.8 Å². The van der Waals surface area contributed by atoms with Crippen LogP contribution < -0.4 is 4.74 Å². The van der Waals surface area contributed by atoms with E-state index >= 15 is 0 Å². The van der Waals surface area contributed by atoms with Gasteiger partial charge in [0.2, 0.25) is 5.88 Å². The lowest BCUT2D eigenvalue weighted by Crippen LogP contribution is -1.96. The summed E-state index contributed by atoms with van der Waals surface area (Å²) in [7, 11) is 1.58. The minimum absolute atomic E-state index is 0.424. The van der Waals surface area contributed by atoms with E-state index in [2.05, 4.69) is 24.0 Å². The Hall–Kier alpha value is -1.12. The van der Waals surface area contributed by atoms with Crippen molar-refractivity contribution < 1.29 is 4.74 Å². The maximum absolute atomic E-state index is 4.88. The molecule has 0 saturated carbocycles. The van der Waals surface area contributed by atoms with Crippen LogP contribution in [0, 0.1) is 0 Å². The van der Waals surface area contributed by atoms with Crippen molar-refractivity contribution in [3.63, 3.8) is 0 Å². The van der Waals surface area contributed by atoms with Crippen LogP contribution >= 0.6 is 0 Å². The van der Waals surface area contributed by atoms with E-state index in [1.807, 2.05) is 26.0 Å². The molecule has 0 spiro atoms. The summed E-state index contributed by atoms with van der Waals surface area (Å²) in [5.41, 5.74) is 0.991. The van der Waals surface area contributed by atoms with Gasteiger partial charge in [0.05, 0.1) is 12.8 Å². The van der Waals surface area contributed by atoms with E-state index in [0.29, 0.717) is 11.8 Å². The first-order chi connectivity index (χ1) is 6.24. The van der Waals surface area contributed by atoms with Crippen LogP contribution in [0.5, 0.6) is 5.88 Å². The summed E-state index contributed by atoms with van der Waals surface area (Å²) in [6, 6.07) is 3.75. The van der Waals surface area contributed by atoms with Crippen molar-refractivity contribution in [1.82, 2.24) is 10.2 Å². The van der Waals surface area contributed by atoms with Crippen molar-refractivity contribution in [2.45, 2.75) is 33.6 Å². The highest BCUT2D eigenvalue weighted by Gasteiger charge is 2.00. The van der Waals surface area contributed by atoms with E-state index < -0.39 is 0 Å². The van der Waals surface area contributed by atoms with Gasteiger partial charge in [-0.3, -0.25) is 0 Å². The summed E-state index contributed by atoms with van der Waals surface area (Å²) in [4.78, 5) is 0. The number of ether oxygens (including phenoxy) is 1. The molecule has 0 bridgehead atoms. The van der Waals surface area contributed by atoms with Gasteiger partial charge in [-0.25, -0.2) is 0 Å². The smallest absolute Gasteiger partial charge is 0.233 e. The van der Waals surface area contributed by atoms with E-state index in [-0.39, 0.29) is 0 Å². The highest BCUT2D eigenvalue weighted by Crippen LogP contribution is 2.11. The molecule has 3 heteroatoms. The molecule has 1 aromatic heterocycles. The van der Waals surface area contributed by atoms with Gasteiger partial charge in [0, 0.05) is 6.07 Å². The van der Waals surface area contributed by atoms with Gasteiger partial charge in [-0.1, -0.05) is 27.7 Å². The Kier molecular flexibility index (Phi) is 5.85. The monoisotopic (exact) mass is 182 g/mol. The molecule has 0 saturated heterocycles. The van der Waals surface area contributed by atoms with Crippen LogP contribution in [0.25, 0.3) is 0 Å². The Labute approximate surface area is 80.1 Å². The van der Waals surface area contributed by atoms with Gasteiger partial charge in [0.25, 0.3) is 0 Å². The lowest BCUT2D eigenvalue weighted by molar-refractivity contribution is 0.390. The Balaban J connectivity index is 0.000000671. The predicted octanol–water partition coefficient (Wildman–Crippen LogP) is 2.63. The third-order valence-electron chi connectivity index (χ3n) is 1.46. The Morgan fingerprint density at radius 3 is 2.08 bits per heavy atom. The Bertz CT molecular complexity index is 219. The molecular weight excluding hydrogens is 164 g/mol. The summed E-state index contributed by atoms with van der Waals surface area (Å²) in [5.74, 6) is 0.989. The van der Waals surface area contributed by atoms with E-state index in [9.17, 15) is 0 Å². The second-order valence-corrected chi connectivity index (χ2v) is 2.66. The average molecular weight is 182 g/mol. The zero-order chi connectivity index (χ0) is 10.3. The van der Waals surface area contributed by atoms with Crippen LogP contribution in [0.15, 0.2) is 12.1 Å². The fourth-order valence-electron chi connectivity index (χ4n) is 0.747. The minimum atomic E-state index is 0.424. The molecule has 0 aliphatic carbocycles. The lowest BCUT2D eigenvalue weighted by Gasteiger charge is -2.02. The first-order valence-corrected chi connectivity index (χ1v) is 4.61. The van der Waals surface area contributed by atoms with Crippen molar-refractivity contribution >= 4 is 0 Å². The number of hydrogen-bond acceptors (Lipinski definition) is 3. The van der Waals surface area contributed by atoms with Crippen LogP contribution in [-0.2, 0) is 0 Å². The van der Waals surface area contributed by atoms with Gasteiger partial charge in [-0.2, -0.15) is 5.10 Å². The van der Waals surface area contributed by atoms with Crippen LogP contribution in [0.3, 0.4) is 0 Å². The van der Waals surface area contributed by atoms with Crippen molar-refractivity contribution in [2.75, 3.05) is 7.11 Å². The van der Waals surface area contributed by atoms with Gasteiger partial charge < -0.3 is 4.74 Å². The molecule has 1 rings (SSSR count). The van der Waals surface area contributed by atoms with Crippen molar-refractivity contribution in [1.29, 1.82) is 0 Å². The number of hydrogen-bond donors (Lipinski definition) is 0. The minimum Gasteiger partial charge on any atom is -0.480 e. The molecule has 0 fully saturated rings. The van der Waals surface area contributed by atoms with Gasteiger partial charge in [0.15, 0.2) is 0 Å². The molecule has 13 heavy (non-hydrogen) atoms. The molecule has 0 atom stereocenters. The largest absolute Gasteiger partial charge is 0.480 e. The van der Waals surface area contributed by atoms with E-state index in [1.54, 1.807) is 7.11 Å². The van der Waals surface area contributed by atoms with Crippen LogP contribution in [0.1, 0.15) is 39.3 Å². The van der Waals surface area contributed by atoms with Gasteiger partial charge >= 0.3 is 0 Å². The zero-order valence-electron chi connectivity index (χ0n) is 9.03. The van der Waals surface area contributed by atoms with E-state index in [4.69, 9.17) is 4.74 Å². The van der Waals surface area contributed by atoms with E-state index in [1.165, 1.54) is 0 Å². The second-order valence-electron chi connectivity index (χ2n) is 2.66. The van der Waals surface area contributed by atoms with Crippen LogP contribution in [0.2, 0.25) is 0 Å². The SMILES string of the molecule is CC.COc1ccc(C(C)C)nn1. The molecule has 3 nitrogen and oxygen atoms in total. The van der Waals surface area contributed by atoms with Crippen LogP contribution in [-0.4, -0.2) is 17.3 Å².